The minimum absolute atomic E-state index is 0. The van der Waals surface area contributed by atoms with Crippen molar-refractivity contribution in [3.8, 4) is 0 Å². The van der Waals surface area contributed by atoms with Crippen LogP contribution in [0.15, 0.2) is 6.20 Å². The van der Waals surface area contributed by atoms with Crippen LogP contribution >= 0.6 is 24.8 Å². The summed E-state index contributed by atoms with van der Waals surface area (Å²) < 4.78 is 7.40. The molecule has 1 unspecified atom stereocenters. The molecule has 1 saturated heterocycles. The molecule has 0 bridgehead atoms. The van der Waals surface area contributed by atoms with Crippen molar-refractivity contribution in [1.29, 1.82) is 0 Å². The predicted octanol–water partition coefficient (Wildman–Crippen LogP) is 2.48. The number of anilines is 2. The molecule has 1 aliphatic heterocycles. The monoisotopic (exact) mass is 296 g/mol. The number of nitrogens with zero attached hydrogens (tertiary/aromatic N) is 2. The fraction of sp³-hybridized carbons (Fsp3) is 0.727. The maximum Gasteiger partial charge on any atom is 0.171 e. The van der Waals surface area contributed by atoms with Gasteiger partial charge in [-0.25, -0.2) is 0 Å². The quantitative estimate of drug-likeness (QED) is 0.896. The molecule has 0 radical (unpaired) electrons. The van der Waals surface area contributed by atoms with E-state index in [2.05, 4.69) is 24.3 Å². The minimum atomic E-state index is 0. The van der Waals surface area contributed by atoms with Crippen molar-refractivity contribution >= 4 is 36.3 Å². The maximum atomic E-state index is 5.88. The van der Waals surface area contributed by atoms with Crippen molar-refractivity contribution < 1.29 is 4.74 Å². The molecule has 1 aliphatic rings. The van der Waals surface area contributed by atoms with Gasteiger partial charge in [0.05, 0.1) is 18.0 Å². The van der Waals surface area contributed by atoms with Crippen molar-refractivity contribution in [3.63, 3.8) is 0 Å². The summed E-state index contributed by atoms with van der Waals surface area (Å²) in [6.07, 6.45) is 4.45. The van der Waals surface area contributed by atoms with Gasteiger partial charge in [0, 0.05) is 19.2 Å². The Hall–Kier alpha value is -0.650. The Morgan fingerprint density at radius 2 is 2.28 bits per heavy atom. The second-order valence-corrected chi connectivity index (χ2v) is 4.52. The third-order valence-corrected chi connectivity index (χ3v) is 2.81. The van der Waals surface area contributed by atoms with Gasteiger partial charge in [0.1, 0.15) is 0 Å². The third kappa shape index (κ3) is 4.23. The number of nitrogens with one attached hydrogen (secondary N) is 1. The number of nitrogen functional groups attached to an aromatic ring is 1. The summed E-state index contributed by atoms with van der Waals surface area (Å²) in [4.78, 5) is 0. The van der Waals surface area contributed by atoms with Crippen LogP contribution in [0.25, 0.3) is 0 Å². The van der Waals surface area contributed by atoms with Gasteiger partial charge in [-0.05, 0) is 26.7 Å². The van der Waals surface area contributed by atoms with Crippen LogP contribution in [0.1, 0.15) is 32.7 Å². The lowest BCUT2D eigenvalue weighted by atomic mass is 10.2. The zero-order valence-corrected chi connectivity index (χ0v) is 12.4. The van der Waals surface area contributed by atoms with Gasteiger partial charge in [0.2, 0.25) is 0 Å². The lowest BCUT2D eigenvalue weighted by molar-refractivity contribution is 0.120. The van der Waals surface area contributed by atoms with Crippen LogP contribution in [0.4, 0.5) is 11.5 Å². The Morgan fingerprint density at radius 3 is 2.78 bits per heavy atom. The third-order valence-electron chi connectivity index (χ3n) is 2.81. The van der Waals surface area contributed by atoms with E-state index in [4.69, 9.17) is 10.5 Å². The highest BCUT2D eigenvalue weighted by Crippen LogP contribution is 2.19. The van der Waals surface area contributed by atoms with E-state index >= 15 is 0 Å². The van der Waals surface area contributed by atoms with Gasteiger partial charge >= 0.3 is 0 Å². The van der Waals surface area contributed by atoms with Gasteiger partial charge < -0.3 is 15.8 Å². The van der Waals surface area contributed by atoms with E-state index in [1.807, 2.05) is 10.9 Å². The molecule has 0 saturated carbocycles. The summed E-state index contributed by atoms with van der Waals surface area (Å²) in [5, 5.41) is 7.64. The lowest BCUT2D eigenvalue weighted by Crippen LogP contribution is -2.19. The summed E-state index contributed by atoms with van der Waals surface area (Å²) in [5.41, 5.74) is 6.58. The van der Waals surface area contributed by atoms with Gasteiger partial charge in [-0.2, -0.15) is 5.10 Å². The molecule has 1 fully saturated rings. The molecule has 7 heteroatoms. The first-order valence-electron chi connectivity index (χ1n) is 5.87. The first-order valence-corrected chi connectivity index (χ1v) is 5.87. The Balaban J connectivity index is 0.00000144. The number of hydrogen-bond acceptors (Lipinski definition) is 4. The average molecular weight is 297 g/mol. The predicted molar refractivity (Wildman–Crippen MR) is 79.0 cm³/mol. The number of ether oxygens (including phenoxy) is 1. The molecule has 2 rings (SSSR count). The molecule has 1 aromatic heterocycles. The molecule has 5 nitrogen and oxygen atoms in total. The van der Waals surface area contributed by atoms with Crippen LogP contribution in [0.2, 0.25) is 0 Å². The van der Waals surface area contributed by atoms with Crippen molar-refractivity contribution in [3.05, 3.63) is 6.20 Å². The van der Waals surface area contributed by atoms with Gasteiger partial charge in [-0.15, -0.1) is 24.8 Å². The summed E-state index contributed by atoms with van der Waals surface area (Å²) in [6.45, 7) is 5.83. The molecule has 0 amide bonds. The van der Waals surface area contributed by atoms with Gasteiger partial charge in [-0.1, -0.05) is 0 Å². The van der Waals surface area contributed by atoms with Crippen LogP contribution < -0.4 is 11.1 Å². The highest BCUT2D eigenvalue weighted by Gasteiger charge is 2.16. The molecular weight excluding hydrogens is 275 g/mol. The van der Waals surface area contributed by atoms with Crippen molar-refractivity contribution in [1.82, 2.24) is 9.78 Å². The summed E-state index contributed by atoms with van der Waals surface area (Å²) in [6, 6.07) is 0.334. The van der Waals surface area contributed by atoms with E-state index < -0.39 is 0 Å². The number of halogens is 2. The average Bonchev–Trinajstić information content (AvgIpc) is 2.84. The fourth-order valence-electron chi connectivity index (χ4n) is 1.82. The first-order chi connectivity index (χ1) is 7.66. The zero-order valence-electron chi connectivity index (χ0n) is 10.8. The van der Waals surface area contributed by atoms with Crippen molar-refractivity contribution in [2.75, 3.05) is 24.2 Å². The number of aromatic nitrogens is 2. The largest absolute Gasteiger partial charge is 0.394 e. The molecule has 106 valence electrons. The van der Waals surface area contributed by atoms with E-state index in [0.29, 0.717) is 17.8 Å². The van der Waals surface area contributed by atoms with Gasteiger partial charge in [-0.3, -0.25) is 4.68 Å². The topological polar surface area (TPSA) is 65.1 Å². The smallest absolute Gasteiger partial charge is 0.171 e. The van der Waals surface area contributed by atoms with Crippen molar-refractivity contribution in [2.24, 2.45) is 0 Å². The van der Waals surface area contributed by atoms with Crippen LogP contribution in [-0.4, -0.2) is 29.0 Å². The number of hydrogen-bond donors (Lipinski definition) is 2. The minimum Gasteiger partial charge on any atom is -0.394 e. The van der Waals surface area contributed by atoms with E-state index in [1.165, 1.54) is 0 Å². The molecule has 18 heavy (non-hydrogen) atoms. The highest BCUT2D eigenvalue weighted by atomic mass is 35.5. The van der Waals surface area contributed by atoms with Gasteiger partial charge in [0.15, 0.2) is 5.82 Å². The second-order valence-electron chi connectivity index (χ2n) is 4.52. The fourth-order valence-corrected chi connectivity index (χ4v) is 1.82. The molecule has 2 heterocycles. The molecule has 0 aliphatic carbocycles. The molecule has 3 N–H and O–H groups in total. The Bertz CT molecular complexity index is 351. The lowest BCUT2D eigenvalue weighted by Gasteiger charge is -2.10. The standard InChI is InChI=1S/C11H20N4O.2ClH/c1-8(2)15-7-10(12)11(14-15)13-6-9-4-3-5-16-9;;/h7-9H,3-6,12H2,1-2H3,(H,13,14);2*1H. The van der Waals surface area contributed by atoms with Crippen molar-refractivity contribution in [2.45, 2.75) is 38.8 Å². The molecular formula is C11H22Cl2N4O. The Labute approximate surface area is 120 Å². The van der Waals surface area contributed by atoms with Crippen LogP contribution in [0, 0.1) is 0 Å². The number of rotatable bonds is 4. The van der Waals surface area contributed by atoms with Crippen LogP contribution in [0.3, 0.4) is 0 Å². The molecule has 1 atom stereocenters. The van der Waals surface area contributed by atoms with Crippen LogP contribution in [-0.2, 0) is 4.74 Å². The summed E-state index contributed by atoms with van der Waals surface area (Å²) in [5.74, 6) is 0.768. The number of nitrogens with two attached hydrogens (primary N) is 1. The highest BCUT2D eigenvalue weighted by molar-refractivity contribution is 5.85. The Kier molecular flexibility index (Phi) is 7.43. The SMILES string of the molecule is CC(C)n1cc(N)c(NCC2CCCO2)n1.Cl.Cl. The summed E-state index contributed by atoms with van der Waals surface area (Å²) >= 11 is 0. The van der Waals surface area contributed by atoms with E-state index in [-0.39, 0.29) is 24.8 Å². The zero-order chi connectivity index (χ0) is 11.5. The molecule has 0 aromatic carbocycles. The van der Waals surface area contributed by atoms with Gasteiger partial charge in [0.25, 0.3) is 0 Å². The molecule has 1 aromatic rings. The van der Waals surface area contributed by atoms with E-state index in [1.54, 1.807) is 0 Å². The molecule has 0 spiro atoms. The second kappa shape index (κ2) is 7.71. The first kappa shape index (κ1) is 17.4. The maximum absolute atomic E-state index is 5.88. The van der Waals surface area contributed by atoms with E-state index in [0.717, 1.165) is 31.8 Å². The van der Waals surface area contributed by atoms with E-state index in [9.17, 15) is 0 Å². The van der Waals surface area contributed by atoms with Crippen LogP contribution in [0.5, 0.6) is 0 Å². The summed E-state index contributed by atoms with van der Waals surface area (Å²) in [7, 11) is 0. The normalized spacial score (nSPS) is 18.3. The Morgan fingerprint density at radius 1 is 1.56 bits per heavy atom.